The highest BCUT2D eigenvalue weighted by Crippen LogP contribution is 2.37. The SMILES string of the molecule is CCC(=O)Nc1ccc(C(O)(c2cccc(F)c2)N2CCC(C(=O)OC(C)(C)C)CC2)cc1. The fourth-order valence-electron chi connectivity index (χ4n) is 4.10. The minimum absolute atomic E-state index is 0.104. The van der Waals surface area contributed by atoms with Gasteiger partial charge in [0.25, 0.3) is 0 Å². The fraction of sp³-hybridized carbons (Fsp3) is 0.462. The number of aliphatic hydroxyl groups is 1. The Labute approximate surface area is 194 Å². The van der Waals surface area contributed by atoms with Gasteiger partial charge in [0, 0.05) is 36.3 Å². The first kappa shape index (κ1) is 24.9. The van der Waals surface area contributed by atoms with E-state index in [0.29, 0.717) is 49.2 Å². The van der Waals surface area contributed by atoms with Crippen molar-refractivity contribution in [3.8, 4) is 0 Å². The van der Waals surface area contributed by atoms with Crippen LogP contribution in [-0.2, 0) is 20.1 Å². The summed E-state index contributed by atoms with van der Waals surface area (Å²) < 4.78 is 19.6. The number of hydrogen-bond acceptors (Lipinski definition) is 5. The standard InChI is InChI=1S/C26H33FN2O4/c1-5-23(30)28-22-11-9-19(10-12-22)26(32,20-7-6-8-21(27)17-20)29-15-13-18(14-16-29)24(31)33-25(2,3)4/h6-12,17-18,32H,5,13-16H2,1-4H3,(H,28,30). The largest absolute Gasteiger partial charge is 0.460 e. The number of rotatable bonds is 6. The topological polar surface area (TPSA) is 78.9 Å². The lowest BCUT2D eigenvalue weighted by molar-refractivity contribution is -0.164. The molecule has 1 amide bonds. The zero-order valence-corrected chi connectivity index (χ0v) is 19.7. The van der Waals surface area contributed by atoms with Crippen LogP contribution in [0.25, 0.3) is 0 Å². The van der Waals surface area contributed by atoms with Crippen molar-refractivity contribution >= 4 is 17.6 Å². The van der Waals surface area contributed by atoms with Gasteiger partial charge >= 0.3 is 5.97 Å². The van der Waals surface area contributed by atoms with Crippen LogP contribution in [0.1, 0.15) is 58.1 Å². The van der Waals surface area contributed by atoms with Crippen molar-refractivity contribution in [2.75, 3.05) is 18.4 Å². The molecule has 6 nitrogen and oxygen atoms in total. The van der Waals surface area contributed by atoms with Crippen LogP contribution in [0.5, 0.6) is 0 Å². The monoisotopic (exact) mass is 456 g/mol. The number of benzene rings is 2. The molecule has 1 saturated heterocycles. The van der Waals surface area contributed by atoms with E-state index in [2.05, 4.69) is 5.32 Å². The third-order valence-corrected chi connectivity index (χ3v) is 5.81. The van der Waals surface area contributed by atoms with Gasteiger partial charge in [0.05, 0.1) is 5.92 Å². The predicted octanol–water partition coefficient (Wildman–Crippen LogP) is 4.42. The second kappa shape index (κ2) is 10.0. The zero-order chi connectivity index (χ0) is 24.2. The molecule has 2 aromatic rings. The second-order valence-electron chi connectivity index (χ2n) is 9.46. The molecule has 1 heterocycles. The fourth-order valence-corrected chi connectivity index (χ4v) is 4.10. The van der Waals surface area contributed by atoms with E-state index in [1.807, 2.05) is 25.7 Å². The van der Waals surface area contributed by atoms with E-state index in [0.717, 1.165) is 0 Å². The summed E-state index contributed by atoms with van der Waals surface area (Å²) in [5, 5.41) is 14.8. The van der Waals surface area contributed by atoms with E-state index in [4.69, 9.17) is 4.74 Å². The Kier molecular flexibility index (Phi) is 7.55. The van der Waals surface area contributed by atoms with Crippen LogP contribution in [0.3, 0.4) is 0 Å². The van der Waals surface area contributed by atoms with Crippen LogP contribution in [0.2, 0.25) is 0 Å². The van der Waals surface area contributed by atoms with E-state index < -0.39 is 17.1 Å². The molecule has 0 aliphatic carbocycles. The highest BCUT2D eigenvalue weighted by atomic mass is 19.1. The second-order valence-corrected chi connectivity index (χ2v) is 9.46. The summed E-state index contributed by atoms with van der Waals surface area (Å²) in [7, 11) is 0. The Balaban J connectivity index is 1.87. The smallest absolute Gasteiger partial charge is 0.309 e. The van der Waals surface area contributed by atoms with Crippen molar-refractivity contribution in [1.82, 2.24) is 4.90 Å². The number of esters is 1. The molecule has 2 N–H and O–H groups in total. The third-order valence-electron chi connectivity index (χ3n) is 5.81. The molecule has 2 aromatic carbocycles. The van der Waals surface area contributed by atoms with Crippen molar-refractivity contribution in [2.45, 2.75) is 58.3 Å². The molecule has 1 aliphatic heterocycles. The molecule has 178 valence electrons. The molecule has 3 rings (SSSR count). The molecule has 0 spiro atoms. The Bertz CT molecular complexity index is 979. The third kappa shape index (κ3) is 5.97. The van der Waals surface area contributed by atoms with Gasteiger partial charge in [-0.15, -0.1) is 0 Å². The molecular weight excluding hydrogens is 423 g/mol. The van der Waals surface area contributed by atoms with Gasteiger partial charge in [0.1, 0.15) is 11.4 Å². The van der Waals surface area contributed by atoms with Gasteiger partial charge in [-0.2, -0.15) is 0 Å². The first-order valence-electron chi connectivity index (χ1n) is 11.4. The maximum absolute atomic E-state index is 14.1. The van der Waals surface area contributed by atoms with Crippen molar-refractivity contribution < 1.29 is 23.8 Å². The number of nitrogens with one attached hydrogen (secondary N) is 1. The molecule has 0 aromatic heterocycles. The summed E-state index contributed by atoms with van der Waals surface area (Å²) in [6.45, 7) is 8.17. The number of carbonyl (C=O) groups excluding carboxylic acids is 2. The normalized spacial score (nSPS) is 17.3. The number of anilines is 1. The summed E-state index contributed by atoms with van der Waals surface area (Å²) >= 11 is 0. The first-order valence-corrected chi connectivity index (χ1v) is 11.4. The van der Waals surface area contributed by atoms with Crippen LogP contribution in [0.4, 0.5) is 10.1 Å². The average molecular weight is 457 g/mol. The Morgan fingerprint density at radius 3 is 2.27 bits per heavy atom. The number of ether oxygens (including phenoxy) is 1. The molecule has 1 atom stereocenters. The highest BCUT2D eigenvalue weighted by Gasteiger charge is 2.42. The molecule has 1 aliphatic rings. The summed E-state index contributed by atoms with van der Waals surface area (Å²) in [6.07, 6.45) is 1.41. The maximum atomic E-state index is 14.1. The van der Waals surface area contributed by atoms with E-state index >= 15 is 0 Å². The molecule has 1 unspecified atom stereocenters. The van der Waals surface area contributed by atoms with E-state index in [9.17, 15) is 19.1 Å². The Morgan fingerprint density at radius 2 is 1.73 bits per heavy atom. The molecule has 0 bridgehead atoms. The summed E-state index contributed by atoms with van der Waals surface area (Å²) in [6, 6.07) is 12.8. The lowest BCUT2D eigenvalue weighted by Gasteiger charge is -2.44. The molecule has 33 heavy (non-hydrogen) atoms. The maximum Gasteiger partial charge on any atom is 0.309 e. The van der Waals surface area contributed by atoms with Gasteiger partial charge in [0.15, 0.2) is 5.72 Å². The van der Waals surface area contributed by atoms with Crippen molar-refractivity contribution in [2.24, 2.45) is 5.92 Å². The Hall–Kier alpha value is -2.77. The van der Waals surface area contributed by atoms with Gasteiger partial charge in [-0.1, -0.05) is 31.2 Å². The number of hydrogen-bond donors (Lipinski definition) is 2. The summed E-state index contributed by atoms with van der Waals surface area (Å²) in [5.74, 6) is -1.02. The Morgan fingerprint density at radius 1 is 1.09 bits per heavy atom. The number of piperidine rings is 1. The molecule has 7 heteroatoms. The van der Waals surface area contributed by atoms with Crippen molar-refractivity contribution in [3.63, 3.8) is 0 Å². The van der Waals surface area contributed by atoms with E-state index in [1.54, 1.807) is 43.3 Å². The van der Waals surface area contributed by atoms with E-state index in [1.165, 1.54) is 12.1 Å². The zero-order valence-electron chi connectivity index (χ0n) is 19.7. The predicted molar refractivity (Wildman–Crippen MR) is 125 cm³/mol. The summed E-state index contributed by atoms with van der Waals surface area (Å²) in [5.41, 5.74) is -0.558. The first-order chi connectivity index (χ1) is 15.5. The highest BCUT2D eigenvalue weighted by molar-refractivity contribution is 5.90. The van der Waals surface area contributed by atoms with Gasteiger partial charge < -0.3 is 15.2 Å². The van der Waals surface area contributed by atoms with E-state index in [-0.39, 0.29) is 17.8 Å². The summed E-state index contributed by atoms with van der Waals surface area (Å²) in [4.78, 5) is 26.1. The van der Waals surface area contributed by atoms with Gasteiger partial charge in [-0.25, -0.2) is 4.39 Å². The quantitative estimate of drug-likeness (QED) is 0.629. The average Bonchev–Trinajstić information content (AvgIpc) is 2.78. The molecule has 0 radical (unpaired) electrons. The van der Waals surface area contributed by atoms with Gasteiger partial charge in [-0.05, 0) is 57.9 Å². The van der Waals surface area contributed by atoms with Crippen LogP contribution < -0.4 is 5.32 Å². The van der Waals surface area contributed by atoms with Crippen molar-refractivity contribution in [3.05, 3.63) is 65.5 Å². The lowest BCUT2D eigenvalue weighted by Crippen LogP contribution is -2.51. The van der Waals surface area contributed by atoms with Crippen LogP contribution >= 0.6 is 0 Å². The lowest BCUT2D eigenvalue weighted by atomic mass is 9.88. The number of halogens is 1. The number of carbonyl (C=O) groups is 2. The molecular formula is C26H33FN2O4. The van der Waals surface area contributed by atoms with Crippen molar-refractivity contribution in [1.29, 1.82) is 0 Å². The van der Waals surface area contributed by atoms with Crippen LogP contribution in [0.15, 0.2) is 48.5 Å². The number of amides is 1. The van der Waals surface area contributed by atoms with Gasteiger partial charge in [-0.3, -0.25) is 14.5 Å². The molecule has 1 fully saturated rings. The number of nitrogens with zero attached hydrogens (tertiary/aromatic N) is 1. The van der Waals surface area contributed by atoms with Crippen LogP contribution in [-0.4, -0.2) is 40.6 Å². The number of likely N-dealkylation sites (tertiary alicyclic amines) is 1. The van der Waals surface area contributed by atoms with Crippen LogP contribution in [0, 0.1) is 11.7 Å². The minimum atomic E-state index is -1.59. The minimum Gasteiger partial charge on any atom is -0.460 e. The van der Waals surface area contributed by atoms with Gasteiger partial charge in [0.2, 0.25) is 5.91 Å². The molecule has 0 saturated carbocycles.